The molecular weight excluding hydrogens is 394 g/mol. The third kappa shape index (κ3) is 2.87. The van der Waals surface area contributed by atoms with Gasteiger partial charge in [-0.3, -0.25) is 4.40 Å². The maximum absolute atomic E-state index is 5.69. The van der Waals surface area contributed by atoms with Gasteiger partial charge in [-0.1, -0.05) is 30.3 Å². The fraction of sp³-hybridized carbons (Fsp3) is 0.167. The highest BCUT2D eigenvalue weighted by Gasteiger charge is 2.22. The fourth-order valence-corrected chi connectivity index (χ4v) is 4.24. The van der Waals surface area contributed by atoms with Crippen LogP contribution in [0.3, 0.4) is 0 Å². The van der Waals surface area contributed by atoms with Crippen LogP contribution in [-0.2, 0) is 6.42 Å². The monoisotopic (exact) mass is 415 g/mol. The van der Waals surface area contributed by atoms with Gasteiger partial charge in [0.2, 0.25) is 0 Å². The summed E-state index contributed by atoms with van der Waals surface area (Å²) in [5.74, 6) is 2.20. The zero-order valence-corrected chi connectivity index (χ0v) is 17.7. The number of aromatic nitrogens is 3. The number of imidazole rings is 1. The van der Waals surface area contributed by atoms with Crippen LogP contribution in [0.1, 0.15) is 5.56 Å². The van der Waals surface area contributed by atoms with Crippen LogP contribution in [0.25, 0.3) is 38.8 Å². The van der Waals surface area contributed by atoms with Crippen molar-refractivity contribution in [1.82, 2.24) is 14.4 Å². The Morgan fingerprint density at radius 3 is 2.40 bits per heavy atom. The second-order valence-corrected chi connectivity index (χ2v) is 7.51. The van der Waals surface area contributed by atoms with E-state index >= 15 is 0 Å². The summed E-state index contributed by atoms with van der Waals surface area (Å²) in [6.07, 6.45) is 3.01. The van der Waals surface area contributed by atoms with Crippen LogP contribution in [0.4, 0.5) is 0 Å². The summed E-state index contributed by atoms with van der Waals surface area (Å²) in [5, 5.41) is 1.02. The molecule has 5 rings (SSSR count). The largest absolute Gasteiger partial charge is 0.496 e. The van der Waals surface area contributed by atoms with Gasteiger partial charge in [0.05, 0.1) is 25.3 Å². The Kier molecular flexibility index (Phi) is 4.71. The third-order valence-corrected chi connectivity index (χ3v) is 5.58. The van der Waals surface area contributed by atoms with E-state index in [1.165, 1.54) is 5.56 Å². The summed E-state index contributed by atoms with van der Waals surface area (Å²) in [6, 6.07) is 18.0. The Morgan fingerprint density at radius 1 is 0.900 bits per heavy atom. The number of para-hydroxylation sites is 1. The summed E-state index contributed by atoms with van der Waals surface area (Å²) >= 11 is 4.39. The molecule has 2 aromatic carbocycles. The maximum atomic E-state index is 5.69. The van der Waals surface area contributed by atoms with Gasteiger partial charge < -0.3 is 9.47 Å². The SMILES string of the molecule is COc1cccc(OC)c1-c1nc2ccccc2c2nc3ccc(CCS)cn3c12. The molecule has 0 aliphatic rings. The molecule has 0 spiro atoms. The molecule has 30 heavy (non-hydrogen) atoms. The standard InChI is InChI=1S/C24H21N3O2S/c1-28-18-8-5-9-19(29-2)21(18)23-24-22(16-6-3-4-7-17(16)25-23)26-20-11-10-15(12-13-30)14-27(20)24/h3-11,14,30H,12-13H2,1-2H3. The van der Waals surface area contributed by atoms with Crippen LogP contribution < -0.4 is 9.47 Å². The minimum Gasteiger partial charge on any atom is -0.496 e. The van der Waals surface area contributed by atoms with Gasteiger partial charge in [-0.05, 0) is 42.0 Å². The highest BCUT2D eigenvalue weighted by atomic mass is 32.1. The first-order valence-corrected chi connectivity index (χ1v) is 10.4. The molecule has 0 saturated heterocycles. The third-order valence-electron chi connectivity index (χ3n) is 5.36. The lowest BCUT2D eigenvalue weighted by Gasteiger charge is -2.14. The number of ether oxygens (including phenoxy) is 2. The molecule has 3 aromatic heterocycles. The molecule has 5 aromatic rings. The maximum Gasteiger partial charge on any atom is 0.138 e. The Morgan fingerprint density at radius 2 is 1.67 bits per heavy atom. The summed E-state index contributed by atoms with van der Waals surface area (Å²) in [6.45, 7) is 0. The van der Waals surface area contributed by atoms with E-state index in [1.54, 1.807) is 14.2 Å². The quantitative estimate of drug-likeness (QED) is 0.401. The first kappa shape index (κ1) is 18.8. The van der Waals surface area contributed by atoms with Crippen molar-refractivity contribution >= 4 is 40.2 Å². The first-order chi connectivity index (χ1) is 14.7. The molecule has 150 valence electrons. The van der Waals surface area contributed by atoms with Gasteiger partial charge in [-0.15, -0.1) is 0 Å². The van der Waals surface area contributed by atoms with Crippen molar-refractivity contribution in [2.75, 3.05) is 20.0 Å². The molecule has 5 nitrogen and oxygen atoms in total. The van der Waals surface area contributed by atoms with Crippen molar-refractivity contribution in [3.8, 4) is 22.8 Å². The molecule has 0 atom stereocenters. The number of aryl methyl sites for hydroxylation is 1. The molecule has 6 heteroatoms. The predicted octanol–water partition coefficient (Wildman–Crippen LogP) is 5.19. The summed E-state index contributed by atoms with van der Waals surface area (Å²) < 4.78 is 13.5. The second kappa shape index (κ2) is 7.54. The van der Waals surface area contributed by atoms with E-state index in [-0.39, 0.29) is 0 Å². The highest BCUT2D eigenvalue weighted by Crippen LogP contribution is 2.42. The van der Waals surface area contributed by atoms with Gasteiger partial charge in [0.1, 0.15) is 33.9 Å². The number of hydrogen-bond acceptors (Lipinski definition) is 5. The number of thiol groups is 1. The molecule has 3 heterocycles. The van der Waals surface area contributed by atoms with E-state index in [9.17, 15) is 0 Å². The average molecular weight is 416 g/mol. The van der Waals surface area contributed by atoms with Crippen LogP contribution in [0.5, 0.6) is 11.5 Å². The molecule has 0 unspecified atom stereocenters. The molecule has 0 saturated carbocycles. The Bertz CT molecular complexity index is 1370. The van der Waals surface area contributed by atoms with Crippen molar-refractivity contribution in [2.45, 2.75) is 6.42 Å². The van der Waals surface area contributed by atoms with Crippen LogP contribution in [0.2, 0.25) is 0 Å². The first-order valence-electron chi connectivity index (χ1n) is 9.77. The molecule has 0 N–H and O–H groups in total. The van der Waals surface area contributed by atoms with Crippen molar-refractivity contribution in [1.29, 1.82) is 0 Å². The molecule has 0 aliphatic heterocycles. The minimum atomic E-state index is 0.708. The number of hydrogen-bond donors (Lipinski definition) is 1. The number of nitrogens with zero attached hydrogens (tertiary/aromatic N) is 3. The number of rotatable bonds is 5. The summed E-state index contributed by atoms with van der Waals surface area (Å²) in [7, 11) is 3.33. The summed E-state index contributed by atoms with van der Waals surface area (Å²) in [4.78, 5) is 10.0. The minimum absolute atomic E-state index is 0.708. The topological polar surface area (TPSA) is 48.7 Å². The van der Waals surface area contributed by atoms with E-state index in [2.05, 4.69) is 41.4 Å². The van der Waals surface area contributed by atoms with Crippen molar-refractivity contribution in [3.63, 3.8) is 0 Å². The molecule has 0 fully saturated rings. The van der Waals surface area contributed by atoms with Gasteiger partial charge in [-0.25, -0.2) is 9.97 Å². The number of methoxy groups -OCH3 is 2. The van der Waals surface area contributed by atoms with Crippen LogP contribution in [0, 0.1) is 0 Å². The Balaban J connectivity index is 1.98. The van der Waals surface area contributed by atoms with Gasteiger partial charge >= 0.3 is 0 Å². The molecule has 0 aliphatic carbocycles. The highest BCUT2D eigenvalue weighted by molar-refractivity contribution is 7.80. The lowest BCUT2D eigenvalue weighted by atomic mass is 10.0. The number of fused-ring (bicyclic) bond motifs is 5. The van der Waals surface area contributed by atoms with Crippen molar-refractivity contribution in [2.24, 2.45) is 0 Å². The van der Waals surface area contributed by atoms with Crippen molar-refractivity contribution < 1.29 is 9.47 Å². The fourth-order valence-electron chi connectivity index (χ4n) is 3.98. The number of pyridine rings is 2. The van der Waals surface area contributed by atoms with Crippen molar-refractivity contribution in [3.05, 3.63) is 66.4 Å². The van der Waals surface area contributed by atoms with Crippen LogP contribution in [-0.4, -0.2) is 34.3 Å². The average Bonchev–Trinajstić information content (AvgIpc) is 3.17. The zero-order valence-electron chi connectivity index (χ0n) is 16.8. The normalized spacial score (nSPS) is 11.4. The lowest BCUT2D eigenvalue weighted by Crippen LogP contribution is -1.98. The lowest BCUT2D eigenvalue weighted by molar-refractivity contribution is 0.397. The Labute approximate surface area is 179 Å². The number of benzene rings is 2. The van der Waals surface area contributed by atoms with E-state index < -0.39 is 0 Å². The smallest absolute Gasteiger partial charge is 0.138 e. The van der Waals surface area contributed by atoms with E-state index in [0.29, 0.717) is 11.5 Å². The summed E-state index contributed by atoms with van der Waals surface area (Å²) in [5.41, 5.74) is 6.41. The van der Waals surface area contributed by atoms with E-state index in [0.717, 1.165) is 51.0 Å². The van der Waals surface area contributed by atoms with E-state index in [1.807, 2.05) is 36.4 Å². The van der Waals surface area contributed by atoms with Gasteiger partial charge in [0.15, 0.2) is 0 Å². The molecular formula is C24H21N3O2S. The van der Waals surface area contributed by atoms with Crippen LogP contribution >= 0.6 is 12.6 Å². The molecule has 0 radical (unpaired) electrons. The second-order valence-electron chi connectivity index (χ2n) is 7.06. The predicted molar refractivity (Wildman–Crippen MR) is 124 cm³/mol. The molecule has 0 amide bonds. The Hall–Kier alpha value is -3.25. The van der Waals surface area contributed by atoms with Gasteiger partial charge in [0.25, 0.3) is 0 Å². The van der Waals surface area contributed by atoms with E-state index in [4.69, 9.17) is 19.4 Å². The zero-order chi connectivity index (χ0) is 20.7. The molecule has 0 bridgehead atoms. The van der Waals surface area contributed by atoms with Gasteiger partial charge in [0, 0.05) is 11.6 Å². The van der Waals surface area contributed by atoms with Gasteiger partial charge in [-0.2, -0.15) is 12.6 Å². The van der Waals surface area contributed by atoms with Crippen LogP contribution in [0.15, 0.2) is 60.8 Å².